The van der Waals surface area contributed by atoms with Crippen molar-refractivity contribution in [1.82, 2.24) is 0 Å². The molecule has 0 aromatic heterocycles. The van der Waals surface area contributed by atoms with Crippen LogP contribution < -0.4 is 0 Å². The van der Waals surface area contributed by atoms with Crippen molar-refractivity contribution in [2.24, 2.45) is 0 Å². The van der Waals surface area contributed by atoms with Gasteiger partial charge in [-0.1, -0.05) is 62.7 Å². The first kappa shape index (κ1) is 15.8. The summed E-state index contributed by atoms with van der Waals surface area (Å²) in [4.78, 5) is 0. The molecule has 2 aliphatic rings. The first-order valence-corrected chi connectivity index (χ1v) is 8.38. The van der Waals surface area contributed by atoms with E-state index in [-0.39, 0.29) is 7.12 Å². The lowest BCUT2D eigenvalue weighted by Crippen LogP contribution is -2.33. The highest BCUT2D eigenvalue weighted by Gasteiger charge is 2.26. The minimum Gasteiger partial charge on any atom is -0.405 e. The van der Waals surface area contributed by atoms with Crippen molar-refractivity contribution in [3.63, 3.8) is 0 Å². The lowest BCUT2D eigenvalue weighted by atomic mass is 9.84. The van der Waals surface area contributed by atoms with E-state index < -0.39 is 0 Å². The zero-order valence-electron chi connectivity index (χ0n) is 13.0. The van der Waals surface area contributed by atoms with Crippen LogP contribution in [0.3, 0.4) is 0 Å². The lowest BCUT2D eigenvalue weighted by molar-refractivity contribution is 0.0719. The molecule has 2 rings (SSSR count). The second-order valence-electron chi connectivity index (χ2n) is 6.37. The monoisotopic (exact) mass is 276 g/mol. The molecule has 2 fully saturated rings. The van der Waals surface area contributed by atoms with Gasteiger partial charge in [-0.15, -0.1) is 0 Å². The van der Waals surface area contributed by atoms with Gasteiger partial charge in [0.2, 0.25) is 0 Å². The van der Waals surface area contributed by atoms with Gasteiger partial charge in [-0.3, -0.25) is 0 Å². The summed E-state index contributed by atoms with van der Waals surface area (Å²) < 4.78 is 12.4. The van der Waals surface area contributed by atoms with E-state index in [4.69, 9.17) is 9.31 Å². The fraction of sp³-hybridized carbons (Fsp3) is 0.765. The van der Waals surface area contributed by atoms with Gasteiger partial charge in [-0.25, -0.2) is 0 Å². The third kappa shape index (κ3) is 5.84. The van der Waals surface area contributed by atoms with Gasteiger partial charge in [-0.2, -0.15) is 0 Å². The van der Waals surface area contributed by atoms with Crippen LogP contribution in [0.2, 0.25) is 0 Å². The molecule has 0 N–H and O–H groups in total. The number of rotatable bonds is 6. The van der Waals surface area contributed by atoms with Gasteiger partial charge in [0.15, 0.2) is 0 Å². The molecule has 0 bridgehead atoms. The average Bonchev–Trinajstić information content (AvgIpc) is 2.47. The molecule has 0 radical (unpaired) electrons. The van der Waals surface area contributed by atoms with E-state index >= 15 is 0 Å². The smallest absolute Gasteiger partial charge is 0.405 e. The summed E-state index contributed by atoms with van der Waals surface area (Å²) in [5, 5.41) is 0. The van der Waals surface area contributed by atoms with Crippen LogP contribution in [0.1, 0.15) is 71.1 Å². The summed E-state index contributed by atoms with van der Waals surface area (Å²) in [6.45, 7) is 5.93. The first-order valence-electron chi connectivity index (χ1n) is 8.38. The molecule has 0 saturated heterocycles. The summed E-state index contributed by atoms with van der Waals surface area (Å²) >= 11 is 0. The van der Waals surface area contributed by atoms with Crippen LogP contribution in [0.15, 0.2) is 24.2 Å². The van der Waals surface area contributed by atoms with Crippen LogP contribution in [0, 0.1) is 0 Å². The molecular formula is C17H29BO2. The van der Waals surface area contributed by atoms with E-state index in [9.17, 15) is 0 Å². The SMILES string of the molecule is C=C(C)/C=C/B(OC1CCCCC1)OC1CCCCC1. The van der Waals surface area contributed by atoms with Gasteiger partial charge in [0.25, 0.3) is 0 Å². The maximum absolute atomic E-state index is 6.19. The van der Waals surface area contributed by atoms with Crippen molar-refractivity contribution in [3.8, 4) is 0 Å². The molecule has 20 heavy (non-hydrogen) atoms. The Morgan fingerprint density at radius 2 is 1.35 bits per heavy atom. The third-order valence-corrected chi connectivity index (χ3v) is 4.30. The molecule has 0 aromatic carbocycles. The molecule has 0 atom stereocenters. The van der Waals surface area contributed by atoms with Gasteiger partial charge < -0.3 is 9.31 Å². The molecule has 0 heterocycles. The first-order chi connectivity index (χ1) is 9.74. The van der Waals surface area contributed by atoms with Gasteiger partial charge in [0.05, 0.1) is 0 Å². The van der Waals surface area contributed by atoms with Crippen molar-refractivity contribution >= 4 is 7.12 Å². The van der Waals surface area contributed by atoms with Crippen molar-refractivity contribution < 1.29 is 9.31 Å². The molecule has 0 unspecified atom stereocenters. The normalized spacial score (nSPS) is 22.2. The fourth-order valence-corrected chi connectivity index (χ4v) is 3.15. The van der Waals surface area contributed by atoms with E-state index in [1.54, 1.807) is 0 Å². The minimum absolute atomic E-state index is 0.183. The second kappa shape index (κ2) is 8.69. The van der Waals surface area contributed by atoms with Crippen molar-refractivity contribution in [3.05, 3.63) is 24.2 Å². The quantitative estimate of drug-likeness (QED) is 0.510. The summed E-state index contributed by atoms with van der Waals surface area (Å²) in [5.41, 5.74) is 1.05. The summed E-state index contributed by atoms with van der Waals surface area (Å²) in [5.74, 6) is 2.05. The summed E-state index contributed by atoms with van der Waals surface area (Å²) in [6, 6.07) is 0. The predicted molar refractivity (Wildman–Crippen MR) is 85.6 cm³/mol. The van der Waals surface area contributed by atoms with Crippen molar-refractivity contribution in [2.45, 2.75) is 83.3 Å². The highest BCUT2D eigenvalue weighted by Crippen LogP contribution is 2.24. The van der Waals surface area contributed by atoms with Crippen LogP contribution in [-0.2, 0) is 9.31 Å². The molecule has 0 amide bonds. The standard InChI is InChI=1S/C17H29BO2/c1-15(2)13-14-18(19-16-9-5-3-6-10-16)20-17-11-7-4-8-12-17/h13-14,16-17H,1,3-12H2,2H3/b14-13+. The molecule has 2 nitrogen and oxygen atoms in total. The van der Waals surface area contributed by atoms with Crippen LogP contribution in [0.25, 0.3) is 0 Å². The molecule has 2 saturated carbocycles. The Morgan fingerprint density at radius 3 is 1.75 bits per heavy atom. The van der Waals surface area contributed by atoms with Gasteiger partial charge >= 0.3 is 7.12 Å². The second-order valence-corrected chi connectivity index (χ2v) is 6.37. The zero-order valence-corrected chi connectivity index (χ0v) is 13.0. The lowest BCUT2D eigenvalue weighted by Gasteiger charge is -2.29. The molecule has 112 valence electrons. The van der Waals surface area contributed by atoms with Gasteiger partial charge in [0, 0.05) is 12.2 Å². The van der Waals surface area contributed by atoms with Crippen LogP contribution in [0.4, 0.5) is 0 Å². The summed E-state index contributed by atoms with van der Waals surface area (Å²) in [6.07, 6.45) is 15.4. The maximum Gasteiger partial charge on any atom is 0.486 e. The van der Waals surface area contributed by atoms with E-state index in [1.165, 1.54) is 64.2 Å². The molecule has 0 aliphatic heterocycles. The highest BCUT2D eigenvalue weighted by atomic mass is 16.6. The molecule has 2 aliphatic carbocycles. The van der Waals surface area contributed by atoms with Gasteiger partial charge in [0.1, 0.15) is 0 Å². The number of hydrogen-bond donors (Lipinski definition) is 0. The van der Waals surface area contributed by atoms with Crippen LogP contribution >= 0.6 is 0 Å². The zero-order chi connectivity index (χ0) is 14.2. The van der Waals surface area contributed by atoms with Gasteiger partial charge in [-0.05, 0) is 32.6 Å². The number of hydrogen-bond acceptors (Lipinski definition) is 2. The largest absolute Gasteiger partial charge is 0.486 e. The van der Waals surface area contributed by atoms with E-state index in [2.05, 4.69) is 6.58 Å². The molecule has 3 heteroatoms. The Bertz CT molecular complexity index is 295. The van der Waals surface area contributed by atoms with Crippen LogP contribution in [0.5, 0.6) is 0 Å². The third-order valence-electron chi connectivity index (χ3n) is 4.30. The summed E-state index contributed by atoms with van der Waals surface area (Å²) in [7, 11) is -0.183. The number of allylic oxidation sites excluding steroid dienone is 2. The molecule has 0 spiro atoms. The topological polar surface area (TPSA) is 18.5 Å². The maximum atomic E-state index is 6.19. The Hall–Kier alpha value is -0.535. The van der Waals surface area contributed by atoms with E-state index in [1.807, 2.05) is 19.0 Å². The Labute approximate surface area is 124 Å². The Balaban J connectivity index is 1.86. The Morgan fingerprint density at radius 1 is 0.900 bits per heavy atom. The average molecular weight is 276 g/mol. The van der Waals surface area contributed by atoms with Crippen molar-refractivity contribution in [1.29, 1.82) is 0 Å². The Kier molecular flexibility index (Phi) is 6.88. The fourth-order valence-electron chi connectivity index (χ4n) is 3.15. The van der Waals surface area contributed by atoms with Crippen molar-refractivity contribution in [2.75, 3.05) is 0 Å². The predicted octanol–water partition coefficient (Wildman–Crippen LogP) is 4.84. The minimum atomic E-state index is -0.183. The highest BCUT2D eigenvalue weighted by molar-refractivity contribution is 6.50. The molecular weight excluding hydrogens is 247 g/mol. The van der Waals surface area contributed by atoms with E-state index in [0.717, 1.165) is 5.57 Å². The van der Waals surface area contributed by atoms with E-state index in [0.29, 0.717) is 12.2 Å². The van der Waals surface area contributed by atoms with Crippen LogP contribution in [-0.4, -0.2) is 19.3 Å². The molecule has 0 aromatic rings.